The highest BCUT2D eigenvalue weighted by molar-refractivity contribution is 7.26. The normalized spacial score (nSPS) is 12.0. The van der Waals surface area contributed by atoms with E-state index in [1.165, 1.54) is 31.3 Å². The standard InChI is InChI=1S/C22H18N2S/c1-14(2)24-19-12-5-4-11-18(19)23-22(24)17-10-7-9-16-15-8-3-6-13-20(15)25-21(16)17/h3-14H,1-2H3. The van der Waals surface area contributed by atoms with Crippen molar-refractivity contribution in [2.24, 2.45) is 0 Å². The molecule has 0 spiro atoms. The third-order valence-corrected chi connectivity index (χ3v) is 5.98. The van der Waals surface area contributed by atoms with Gasteiger partial charge in [0.25, 0.3) is 0 Å². The maximum atomic E-state index is 4.99. The van der Waals surface area contributed by atoms with Crippen molar-refractivity contribution in [3.63, 3.8) is 0 Å². The van der Waals surface area contributed by atoms with Crippen LogP contribution in [0.15, 0.2) is 66.7 Å². The summed E-state index contributed by atoms with van der Waals surface area (Å²) < 4.78 is 5.01. The van der Waals surface area contributed by atoms with Gasteiger partial charge in [-0.25, -0.2) is 4.98 Å². The van der Waals surface area contributed by atoms with Crippen molar-refractivity contribution in [2.45, 2.75) is 19.9 Å². The lowest BCUT2D eigenvalue weighted by Gasteiger charge is -2.13. The lowest BCUT2D eigenvalue weighted by atomic mass is 10.1. The molecule has 0 atom stereocenters. The summed E-state index contributed by atoms with van der Waals surface area (Å²) in [5.74, 6) is 1.06. The Balaban J connectivity index is 1.90. The number of rotatable bonds is 2. The fraction of sp³-hybridized carbons (Fsp3) is 0.136. The minimum absolute atomic E-state index is 0.354. The van der Waals surface area contributed by atoms with Crippen LogP contribution in [0.5, 0.6) is 0 Å². The number of para-hydroxylation sites is 2. The monoisotopic (exact) mass is 342 g/mol. The van der Waals surface area contributed by atoms with Crippen LogP contribution in [0.1, 0.15) is 19.9 Å². The van der Waals surface area contributed by atoms with Gasteiger partial charge in [0.15, 0.2) is 0 Å². The van der Waals surface area contributed by atoms with Gasteiger partial charge in [-0.05, 0) is 38.1 Å². The lowest BCUT2D eigenvalue weighted by Crippen LogP contribution is -2.03. The Morgan fingerprint density at radius 3 is 2.48 bits per heavy atom. The number of hydrogen-bond donors (Lipinski definition) is 0. The molecule has 2 aromatic heterocycles. The number of fused-ring (bicyclic) bond motifs is 4. The first-order valence-electron chi connectivity index (χ1n) is 8.61. The van der Waals surface area contributed by atoms with E-state index in [1.807, 2.05) is 11.3 Å². The smallest absolute Gasteiger partial charge is 0.142 e. The zero-order valence-corrected chi connectivity index (χ0v) is 15.0. The molecule has 0 saturated heterocycles. The second kappa shape index (κ2) is 5.43. The largest absolute Gasteiger partial charge is 0.321 e. The molecule has 0 unspecified atom stereocenters. The Morgan fingerprint density at radius 1 is 0.840 bits per heavy atom. The van der Waals surface area contributed by atoms with Crippen LogP contribution in [0, 0.1) is 0 Å². The lowest BCUT2D eigenvalue weighted by molar-refractivity contribution is 0.625. The van der Waals surface area contributed by atoms with Crippen molar-refractivity contribution < 1.29 is 0 Å². The van der Waals surface area contributed by atoms with Crippen LogP contribution in [0.2, 0.25) is 0 Å². The van der Waals surface area contributed by atoms with Crippen LogP contribution in [0.4, 0.5) is 0 Å². The molecule has 0 aliphatic heterocycles. The number of nitrogens with zero attached hydrogens (tertiary/aromatic N) is 2. The van der Waals surface area contributed by atoms with Crippen LogP contribution in [-0.2, 0) is 0 Å². The van der Waals surface area contributed by atoms with Gasteiger partial charge in [-0.2, -0.15) is 0 Å². The molecule has 3 aromatic carbocycles. The Bertz CT molecular complexity index is 1230. The van der Waals surface area contributed by atoms with Gasteiger partial charge in [0.2, 0.25) is 0 Å². The Labute approximate surface area is 150 Å². The van der Waals surface area contributed by atoms with Crippen LogP contribution >= 0.6 is 11.3 Å². The van der Waals surface area contributed by atoms with Gasteiger partial charge in [0.05, 0.1) is 11.0 Å². The van der Waals surface area contributed by atoms with E-state index in [1.54, 1.807) is 0 Å². The molecule has 25 heavy (non-hydrogen) atoms. The summed E-state index contributed by atoms with van der Waals surface area (Å²) in [6.07, 6.45) is 0. The molecule has 0 aliphatic carbocycles. The first-order chi connectivity index (χ1) is 12.2. The Kier molecular flexibility index (Phi) is 3.19. The highest BCUT2D eigenvalue weighted by Gasteiger charge is 2.18. The zero-order valence-electron chi connectivity index (χ0n) is 14.2. The van der Waals surface area contributed by atoms with Gasteiger partial charge < -0.3 is 4.57 Å². The maximum Gasteiger partial charge on any atom is 0.142 e. The average molecular weight is 342 g/mol. The molecule has 0 saturated carbocycles. The topological polar surface area (TPSA) is 17.8 Å². The van der Waals surface area contributed by atoms with Gasteiger partial charge >= 0.3 is 0 Å². The first-order valence-corrected chi connectivity index (χ1v) is 9.43. The second-order valence-corrected chi connectivity index (χ2v) is 7.72. The summed E-state index contributed by atoms with van der Waals surface area (Å²) in [5.41, 5.74) is 3.48. The zero-order chi connectivity index (χ0) is 17.0. The molecular weight excluding hydrogens is 324 g/mol. The Hall–Kier alpha value is -2.65. The van der Waals surface area contributed by atoms with Gasteiger partial charge in [0.1, 0.15) is 5.82 Å². The SMILES string of the molecule is CC(C)n1c(-c2cccc3c2sc2ccccc23)nc2ccccc21. The number of thiophene rings is 1. The molecule has 0 aliphatic rings. The predicted molar refractivity (Wildman–Crippen MR) is 108 cm³/mol. The molecule has 3 heteroatoms. The number of benzene rings is 3. The van der Waals surface area contributed by atoms with Crippen LogP contribution in [0.25, 0.3) is 42.6 Å². The van der Waals surface area contributed by atoms with E-state index >= 15 is 0 Å². The summed E-state index contributed by atoms with van der Waals surface area (Å²) in [6.45, 7) is 4.45. The van der Waals surface area contributed by atoms with E-state index < -0.39 is 0 Å². The van der Waals surface area contributed by atoms with Crippen LogP contribution in [0.3, 0.4) is 0 Å². The van der Waals surface area contributed by atoms with E-state index in [9.17, 15) is 0 Å². The van der Waals surface area contributed by atoms with E-state index in [2.05, 4.69) is 85.1 Å². The number of hydrogen-bond acceptors (Lipinski definition) is 2. The first kappa shape index (κ1) is 14.7. The van der Waals surface area contributed by atoms with Crippen molar-refractivity contribution in [3.8, 4) is 11.4 Å². The molecule has 0 bridgehead atoms. The number of imidazole rings is 1. The van der Waals surface area contributed by atoms with E-state index in [0.29, 0.717) is 6.04 Å². The molecule has 2 nitrogen and oxygen atoms in total. The molecular formula is C22H18N2S. The predicted octanol–water partition coefficient (Wildman–Crippen LogP) is 6.65. The summed E-state index contributed by atoms with van der Waals surface area (Å²) in [4.78, 5) is 4.99. The molecule has 2 heterocycles. The van der Waals surface area contributed by atoms with E-state index in [4.69, 9.17) is 4.98 Å². The van der Waals surface area contributed by atoms with Crippen molar-refractivity contribution in [1.82, 2.24) is 9.55 Å². The quantitative estimate of drug-likeness (QED) is 0.351. The third-order valence-electron chi connectivity index (χ3n) is 4.76. The second-order valence-electron chi connectivity index (χ2n) is 6.67. The van der Waals surface area contributed by atoms with Crippen molar-refractivity contribution in [3.05, 3.63) is 66.7 Å². The molecule has 0 fully saturated rings. The van der Waals surface area contributed by atoms with Crippen LogP contribution in [-0.4, -0.2) is 9.55 Å². The minimum atomic E-state index is 0.354. The summed E-state index contributed by atoms with van der Waals surface area (Å²) >= 11 is 1.86. The van der Waals surface area contributed by atoms with Gasteiger partial charge in [-0.15, -0.1) is 11.3 Å². The van der Waals surface area contributed by atoms with E-state index in [-0.39, 0.29) is 0 Å². The average Bonchev–Trinajstić information content (AvgIpc) is 3.20. The fourth-order valence-electron chi connectivity index (χ4n) is 3.68. The van der Waals surface area contributed by atoms with Gasteiger partial charge in [0, 0.05) is 31.8 Å². The third kappa shape index (κ3) is 2.12. The number of aromatic nitrogens is 2. The van der Waals surface area contributed by atoms with Gasteiger partial charge in [-0.3, -0.25) is 0 Å². The maximum absolute atomic E-state index is 4.99. The molecule has 0 amide bonds. The van der Waals surface area contributed by atoms with E-state index in [0.717, 1.165) is 11.3 Å². The summed E-state index contributed by atoms with van der Waals surface area (Å²) in [6, 6.07) is 24.0. The summed E-state index contributed by atoms with van der Waals surface area (Å²) in [5, 5.41) is 2.65. The van der Waals surface area contributed by atoms with Crippen molar-refractivity contribution >= 4 is 42.5 Å². The fourth-order valence-corrected chi connectivity index (χ4v) is 4.89. The molecule has 0 radical (unpaired) electrons. The highest BCUT2D eigenvalue weighted by Crippen LogP contribution is 2.40. The summed E-state index contributed by atoms with van der Waals surface area (Å²) in [7, 11) is 0. The molecule has 5 rings (SSSR count). The molecule has 0 N–H and O–H groups in total. The molecule has 5 aromatic rings. The Morgan fingerprint density at radius 2 is 1.60 bits per heavy atom. The molecule has 122 valence electrons. The minimum Gasteiger partial charge on any atom is -0.321 e. The van der Waals surface area contributed by atoms with Crippen LogP contribution < -0.4 is 0 Å². The van der Waals surface area contributed by atoms with Crippen molar-refractivity contribution in [2.75, 3.05) is 0 Å². The van der Waals surface area contributed by atoms with Crippen molar-refractivity contribution in [1.29, 1.82) is 0 Å². The van der Waals surface area contributed by atoms with Gasteiger partial charge in [-0.1, -0.05) is 42.5 Å². The highest BCUT2D eigenvalue weighted by atomic mass is 32.1.